The van der Waals surface area contributed by atoms with Gasteiger partial charge in [-0.3, -0.25) is 0 Å². The van der Waals surface area contributed by atoms with Gasteiger partial charge in [0.25, 0.3) is 0 Å². The van der Waals surface area contributed by atoms with Crippen LogP contribution in [-0.2, 0) is 0 Å². The second kappa shape index (κ2) is 7.86. The molecule has 0 spiro atoms. The van der Waals surface area contributed by atoms with Crippen molar-refractivity contribution in [1.29, 1.82) is 0 Å². The molecule has 1 N–H and O–H groups in total. The van der Waals surface area contributed by atoms with Crippen LogP contribution < -0.4 is 0 Å². The molecule has 6 rings (SSSR count). The molecule has 0 saturated heterocycles. The van der Waals surface area contributed by atoms with E-state index in [2.05, 4.69) is 41.8 Å². The number of hydrogen-bond acceptors (Lipinski definition) is 5. The van der Waals surface area contributed by atoms with Crippen LogP contribution in [0.3, 0.4) is 0 Å². The summed E-state index contributed by atoms with van der Waals surface area (Å²) in [7, 11) is 0. The fourth-order valence-electron chi connectivity index (χ4n) is 3.85. The first-order chi connectivity index (χ1) is 16.0. The van der Waals surface area contributed by atoms with Crippen LogP contribution in [0.4, 0.5) is 0 Å². The number of benzene rings is 1. The SMILES string of the molecule is Oc1c(Br)cc(C2=CC3=CC4=NC(=CC5=NC(=CC6=NC(=CC2=N3)C=C6)C=C5)C=C4)cc1Br. The van der Waals surface area contributed by atoms with E-state index in [9.17, 15) is 5.11 Å². The van der Waals surface area contributed by atoms with Gasteiger partial charge in [0.15, 0.2) is 0 Å². The molecule has 8 bridgehead atoms. The zero-order valence-corrected chi connectivity index (χ0v) is 20.2. The number of allylic oxidation sites excluding steroid dienone is 12. The van der Waals surface area contributed by atoms with Gasteiger partial charge in [0.1, 0.15) is 5.75 Å². The molecule has 1 aromatic rings. The second-order valence-corrected chi connectivity index (χ2v) is 9.44. The van der Waals surface area contributed by atoms with Gasteiger partial charge in [-0.05, 0) is 116 Å². The quantitative estimate of drug-likeness (QED) is 0.430. The monoisotopic (exact) mass is 556 g/mol. The maximum absolute atomic E-state index is 10.1. The van der Waals surface area contributed by atoms with E-state index in [4.69, 9.17) is 9.98 Å². The number of rotatable bonds is 1. The normalized spacial score (nSPS) is 20.0. The van der Waals surface area contributed by atoms with Gasteiger partial charge in [-0.25, -0.2) is 20.0 Å². The van der Waals surface area contributed by atoms with E-state index < -0.39 is 0 Å². The Hall–Kier alpha value is -3.42. The lowest BCUT2D eigenvalue weighted by Crippen LogP contribution is -1.97. The summed E-state index contributed by atoms with van der Waals surface area (Å²) < 4.78 is 1.20. The molecule has 0 radical (unpaired) electrons. The zero-order valence-electron chi connectivity index (χ0n) is 17.0. The average molecular weight is 558 g/mol. The summed E-state index contributed by atoms with van der Waals surface area (Å²) in [4.78, 5) is 18.9. The van der Waals surface area contributed by atoms with Gasteiger partial charge in [-0.15, -0.1) is 0 Å². The fourth-order valence-corrected chi connectivity index (χ4v) is 5.04. The Morgan fingerprint density at radius 1 is 0.545 bits per heavy atom. The average Bonchev–Trinajstić information content (AvgIpc) is 3.56. The molecule has 158 valence electrons. The Balaban J connectivity index is 1.51. The van der Waals surface area contributed by atoms with Crippen molar-refractivity contribution < 1.29 is 5.11 Å². The molecule has 0 fully saturated rings. The molecule has 0 atom stereocenters. The summed E-state index contributed by atoms with van der Waals surface area (Å²) in [6.07, 6.45) is 21.7. The molecular formula is C26H14Br2N4O. The molecule has 5 aliphatic heterocycles. The van der Waals surface area contributed by atoms with Crippen molar-refractivity contribution in [3.05, 3.63) is 116 Å². The first kappa shape index (κ1) is 20.2. The van der Waals surface area contributed by atoms with Crippen molar-refractivity contribution in [3.63, 3.8) is 0 Å². The third-order valence-electron chi connectivity index (χ3n) is 5.37. The minimum Gasteiger partial charge on any atom is -0.506 e. The summed E-state index contributed by atoms with van der Waals surface area (Å²) in [5.74, 6) is 0.160. The van der Waals surface area contributed by atoms with E-state index in [0.717, 1.165) is 56.8 Å². The predicted octanol–water partition coefficient (Wildman–Crippen LogP) is 6.34. The van der Waals surface area contributed by atoms with Crippen molar-refractivity contribution in [3.8, 4) is 5.75 Å². The van der Waals surface area contributed by atoms with E-state index in [1.54, 1.807) is 0 Å². The topological polar surface area (TPSA) is 69.7 Å². The van der Waals surface area contributed by atoms with Gasteiger partial charge in [0, 0.05) is 5.57 Å². The number of aliphatic imine (C=N–C) groups is 4. The minimum absolute atomic E-state index is 0.160. The van der Waals surface area contributed by atoms with E-state index in [0.29, 0.717) is 8.95 Å². The highest BCUT2D eigenvalue weighted by atomic mass is 79.9. The molecule has 0 amide bonds. The largest absolute Gasteiger partial charge is 0.506 e. The number of phenols is 1. The number of aromatic hydroxyl groups is 1. The van der Waals surface area contributed by atoms with Gasteiger partial charge in [-0.2, -0.15) is 0 Å². The van der Waals surface area contributed by atoms with Crippen LogP contribution in [-0.4, -0.2) is 28.0 Å². The summed E-state index contributed by atoms with van der Waals surface area (Å²) in [5.41, 5.74) is 8.45. The van der Waals surface area contributed by atoms with Crippen molar-refractivity contribution >= 4 is 60.3 Å². The molecule has 0 aromatic heterocycles. The number of phenolic OH excluding ortho intramolecular Hbond substituents is 1. The van der Waals surface area contributed by atoms with Crippen molar-refractivity contribution in [2.75, 3.05) is 0 Å². The van der Waals surface area contributed by atoms with Crippen LogP contribution in [0.5, 0.6) is 5.75 Å². The van der Waals surface area contributed by atoms with Crippen LogP contribution in [0.25, 0.3) is 5.57 Å². The van der Waals surface area contributed by atoms with E-state index >= 15 is 0 Å². The fraction of sp³-hybridized carbons (Fsp3) is 0. The Bertz CT molecular complexity index is 1500. The van der Waals surface area contributed by atoms with E-state index in [-0.39, 0.29) is 5.75 Å². The maximum Gasteiger partial charge on any atom is 0.143 e. The van der Waals surface area contributed by atoms with Gasteiger partial charge in [0.2, 0.25) is 0 Å². The van der Waals surface area contributed by atoms with E-state index in [1.807, 2.05) is 79.0 Å². The molecule has 0 aliphatic carbocycles. The third kappa shape index (κ3) is 3.94. The first-order valence-corrected chi connectivity index (χ1v) is 11.7. The minimum atomic E-state index is 0.160. The number of nitrogens with zero attached hydrogens (tertiary/aromatic N) is 4. The molecule has 5 heterocycles. The molecule has 7 heteroatoms. The third-order valence-corrected chi connectivity index (χ3v) is 6.58. The van der Waals surface area contributed by atoms with Crippen molar-refractivity contribution in [2.45, 2.75) is 0 Å². The zero-order chi connectivity index (χ0) is 22.5. The highest BCUT2D eigenvalue weighted by Gasteiger charge is 2.20. The van der Waals surface area contributed by atoms with Crippen LogP contribution in [0.15, 0.2) is 131 Å². The van der Waals surface area contributed by atoms with Gasteiger partial charge >= 0.3 is 0 Å². The number of hydrogen-bond donors (Lipinski definition) is 1. The predicted molar refractivity (Wildman–Crippen MR) is 141 cm³/mol. The maximum atomic E-state index is 10.1. The van der Waals surface area contributed by atoms with Crippen LogP contribution in [0, 0.1) is 0 Å². The lowest BCUT2D eigenvalue weighted by Gasteiger charge is -2.08. The van der Waals surface area contributed by atoms with Crippen LogP contribution in [0.1, 0.15) is 5.56 Å². The first-order valence-electron chi connectivity index (χ1n) is 10.2. The summed E-state index contributed by atoms with van der Waals surface area (Å²) in [5, 5.41) is 10.1. The summed E-state index contributed by atoms with van der Waals surface area (Å²) >= 11 is 6.86. The lowest BCUT2D eigenvalue weighted by molar-refractivity contribution is 0.468. The number of halogens is 2. The van der Waals surface area contributed by atoms with Gasteiger partial charge in [-0.1, -0.05) is 0 Å². The van der Waals surface area contributed by atoms with Crippen molar-refractivity contribution in [2.24, 2.45) is 20.0 Å². The summed E-state index contributed by atoms with van der Waals surface area (Å²) in [6, 6.07) is 3.76. The Morgan fingerprint density at radius 2 is 1.03 bits per heavy atom. The highest BCUT2D eigenvalue weighted by Crippen LogP contribution is 2.38. The number of fused-ring (bicyclic) bond motifs is 4. The highest BCUT2D eigenvalue weighted by molar-refractivity contribution is 9.11. The molecule has 1 aromatic carbocycles. The standard InChI is InChI=1S/C26H14Br2N4O/c27-23-7-14(8-24(28)26(23)33)22-12-21-11-19-4-3-17(30-19)9-15-1-2-16(29-15)10-18-5-6-20(31-18)13-25(22)32-21/h1-13,33H. The Morgan fingerprint density at radius 3 is 1.58 bits per heavy atom. The second-order valence-electron chi connectivity index (χ2n) is 7.73. The Labute approximate surface area is 206 Å². The molecular weight excluding hydrogens is 544 g/mol. The van der Waals surface area contributed by atoms with Gasteiger partial charge < -0.3 is 5.11 Å². The van der Waals surface area contributed by atoms with Crippen LogP contribution >= 0.6 is 31.9 Å². The lowest BCUT2D eigenvalue weighted by atomic mass is 10.0. The van der Waals surface area contributed by atoms with E-state index in [1.165, 1.54) is 0 Å². The summed E-state index contributed by atoms with van der Waals surface area (Å²) in [6.45, 7) is 0. The van der Waals surface area contributed by atoms with Crippen LogP contribution in [0.2, 0.25) is 0 Å². The molecule has 5 nitrogen and oxygen atoms in total. The molecule has 0 saturated carbocycles. The van der Waals surface area contributed by atoms with Crippen molar-refractivity contribution in [1.82, 2.24) is 0 Å². The van der Waals surface area contributed by atoms with Gasteiger partial charge in [0.05, 0.1) is 54.6 Å². The smallest absolute Gasteiger partial charge is 0.143 e. The Kier molecular flexibility index (Phi) is 4.81. The molecule has 33 heavy (non-hydrogen) atoms. The molecule has 0 unspecified atom stereocenters. The molecule has 5 aliphatic rings.